The van der Waals surface area contributed by atoms with E-state index in [0.717, 1.165) is 5.69 Å². The lowest BCUT2D eigenvalue weighted by Gasteiger charge is -2.12. The second-order valence-corrected chi connectivity index (χ2v) is 5.07. The monoisotopic (exact) mass is 313 g/mol. The number of nitrogens with zero attached hydrogens (tertiary/aromatic N) is 2. The van der Waals surface area contributed by atoms with E-state index >= 15 is 0 Å². The summed E-state index contributed by atoms with van der Waals surface area (Å²) in [5, 5.41) is 13.4. The molecular formula is C17H19N3O3. The fourth-order valence-corrected chi connectivity index (χ4v) is 1.92. The number of benzene rings is 2. The van der Waals surface area contributed by atoms with Gasteiger partial charge in [0, 0.05) is 25.3 Å². The second-order valence-electron chi connectivity index (χ2n) is 5.07. The number of phenolic OH excluding ortho intramolecular Hbond substituents is 1. The van der Waals surface area contributed by atoms with E-state index in [1.165, 1.54) is 19.4 Å². The van der Waals surface area contributed by atoms with Crippen molar-refractivity contribution in [3.8, 4) is 11.5 Å². The summed E-state index contributed by atoms with van der Waals surface area (Å²) in [5.74, 6) is 0.103. The zero-order valence-corrected chi connectivity index (χ0v) is 13.3. The Hall–Kier alpha value is -3.02. The van der Waals surface area contributed by atoms with Gasteiger partial charge in [-0.2, -0.15) is 5.10 Å². The number of hydrogen-bond donors (Lipinski definition) is 2. The van der Waals surface area contributed by atoms with Crippen LogP contribution in [0.25, 0.3) is 0 Å². The summed E-state index contributed by atoms with van der Waals surface area (Å²) >= 11 is 0. The maximum absolute atomic E-state index is 12.0. The van der Waals surface area contributed by atoms with Gasteiger partial charge in [-0.3, -0.25) is 4.79 Å². The third kappa shape index (κ3) is 4.23. The highest BCUT2D eigenvalue weighted by atomic mass is 16.5. The molecule has 0 radical (unpaired) electrons. The molecule has 0 saturated heterocycles. The largest absolute Gasteiger partial charge is 0.504 e. The molecule has 2 aromatic carbocycles. The summed E-state index contributed by atoms with van der Waals surface area (Å²) in [4.78, 5) is 13.9. The minimum Gasteiger partial charge on any atom is -0.504 e. The molecule has 120 valence electrons. The number of nitrogens with one attached hydrogen (secondary N) is 1. The average Bonchev–Trinajstić information content (AvgIpc) is 2.56. The first-order chi connectivity index (χ1) is 11.0. The fraction of sp³-hybridized carbons (Fsp3) is 0.176. The van der Waals surface area contributed by atoms with Gasteiger partial charge in [-0.1, -0.05) is 0 Å². The number of amides is 1. The van der Waals surface area contributed by atoms with Crippen molar-refractivity contribution in [3.05, 3.63) is 53.6 Å². The fourth-order valence-electron chi connectivity index (χ4n) is 1.92. The Balaban J connectivity index is 2.00. The van der Waals surface area contributed by atoms with Crippen LogP contribution in [-0.2, 0) is 0 Å². The number of methoxy groups -OCH3 is 1. The van der Waals surface area contributed by atoms with Crippen LogP contribution in [0.5, 0.6) is 11.5 Å². The van der Waals surface area contributed by atoms with E-state index in [9.17, 15) is 9.90 Å². The van der Waals surface area contributed by atoms with Crippen molar-refractivity contribution in [2.45, 2.75) is 0 Å². The van der Waals surface area contributed by atoms with Crippen molar-refractivity contribution in [3.63, 3.8) is 0 Å². The van der Waals surface area contributed by atoms with Crippen molar-refractivity contribution in [2.75, 3.05) is 26.1 Å². The number of anilines is 1. The number of hydrazone groups is 1. The van der Waals surface area contributed by atoms with Crippen molar-refractivity contribution < 1.29 is 14.6 Å². The van der Waals surface area contributed by atoms with Crippen LogP contribution in [0.15, 0.2) is 47.6 Å². The molecule has 2 rings (SSSR count). The van der Waals surface area contributed by atoms with Gasteiger partial charge in [0.1, 0.15) is 0 Å². The molecule has 0 aliphatic carbocycles. The molecule has 0 fully saturated rings. The average molecular weight is 313 g/mol. The van der Waals surface area contributed by atoms with Gasteiger partial charge < -0.3 is 14.7 Å². The summed E-state index contributed by atoms with van der Waals surface area (Å²) < 4.78 is 5.01. The number of ether oxygens (including phenoxy) is 1. The summed E-state index contributed by atoms with van der Waals surface area (Å²) in [7, 11) is 5.34. The predicted molar refractivity (Wildman–Crippen MR) is 90.5 cm³/mol. The first-order valence-corrected chi connectivity index (χ1v) is 6.99. The molecular weight excluding hydrogens is 294 g/mol. The third-order valence-electron chi connectivity index (χ3n) is 3.23. The Kier molecular flexibility index (Phi) is 5.19. The molecule has 0 atom stereocenters. The van der Waals surface area contributed by atoms with Crippen molar-refractivity contribution >= 4 is 17.8 Å². The maximum Gasteiger partial charge on any atom is 0.271 e. The highest BCUT2D eigenvalue weighted by Gasteiger charge is 2.05. The Bertz CT molecular complexity index is 710. The van der Waals surface area contributed by atoms with Gasteiger partial charge in [0.05, 0.1) is 13.3 Å². The summed E-state index contributed by atoms with van der Waals surface area (Å²) in [6.07, 6.45) is 1.48. The van der Waals surface area contributed by atoms with Crippen molar-refractivity contribution in [1.29, 1.82) is 0 Å². The second kappa shape index (κ2) is 7.31. The van der Waals surface area contributed by atoms with Crippen molar-refractivity contribution in [2.24, 2.45) is 5.10 Å². The van der Waals surface area contributed by atoms with E-state index in [1.54, 1.807) is 24.3 Å². The maximum atomic E-state index is 12.0. The number of hydrogen-bond acceptors (Lipinski definition) is 5. The molecule has 0 saturated carbocycles. The van der Waals surface area contributed by atoms with E-state index in [4.69, 9.17) is 4.74 Å². The molecule has 2 N–H and O–H groups in total. The zero-order valence-electron chi connectivity index (χ0n) is 13.3. The number of carbonyl (C=O) groups is 1. The molecule has 1 amide bonds. The summed E-state index contributed by atoms with van der Waals surface area (Å²) in [5.41, 5.74) is 4.70. The summed E-state index contributed by atoms with van der Waals surface area (Å²) in [6, 6.07) is 12.0. The van der Waals surface area contributed by atoms with Gasteiger partial charge in [-0.05, 0) is 48.0 Å². The van der Waals surface area contributed by atoms with Crippen LogP contribution >= 0.6 is 0 Å². The van der Waals surface area contributed by atoms with E-state index < -0.39 is 0 Å². The van der Waals surface area contributed by atoms with Gasteiger partial charge in [-0.15, -0.1) is 0 Å². The lowest BCUT2D eigenvalue weighted by molar-refractivity contribution is 0.0955. The molecule has 0 aromatic heterocycles. The van der Waals surface area contributed by atoms with E-state index in [1.807, 2.05) is 31.1 Å². The number of rotatable bonds is 5. The first kappa shape index (κ1) is 16.4. The van der Waals surface area contributed by atoms with Crippen molar-refractivity contribution in [1.82, 2.24) is 5.43 Å². The van der Waals surface area contributed by atoms with Gasteiger partial charge in [0.25, 0.3) is 5.91 Å². The molecule has 0 aliphatic heterocycles. The summed E-state index contributed by atoms with van der Waals surface area (Å²) in [6.45, 7) is 0. The molecule has 23 heavy (non-hydrogen) atoms. The minimum atomic E-state index is -0.294. The SMILES string of the molecule is COc1cc(/C=N\NC(=O)c2ccc(N(C)C)cc2)ccc1O. The van der Waals surface area contributed by atoms with Crippen LogP contribution in [0.2, 0.25) is 0 Å². The van der Waals surface area contributed by atoms with Crippen LogP contribution in [0.1, 0.15) is 15.9 Å². The van der Waals surface area contributed by atoms with Gasteiger partial charge >= 0.3 is 0 Å². The van der Waals surface area contributed by atoms with Crippen LogP contribution in [0, 0.1) is 0 Å². The van der Waals surface area contributed by atoms with Crippen LogP contribution in [0.4, 0.5) is 5.69 Å². The lowest BCUT2D eigenvalue weighted by atomic mass is 10.2. The highest BCUT2D eigenvalue weighted by molar-refractivity contribution is 5.95. The Morgan fingerprint density at radius 3 is 2.52 bits per heavy atom. The van der Waals surface area contributed by atoms with Crippen LogP contribution in [-0.4, -0.2) is 38.4 Å². The Labute approximate surface area is 135 Å². The third-order valence-corrected chi connectivity index (χ3v) is 3.23. The quantitative estimate of drug-likeness (QED) is 0.656. The Morgan fingerprint density at radius 1 is 1.22 bits per heavy atom. The van der Waals surface area contributed by atoms with Crippen LogP contribution in [0.3, 0.4) is 0 Å². The molecule has 0 unspecified atom stereocenters. The molecule has 0 bridgehead atoms. The molecule has 0 aliphatic rings. The number of carbonyl (C=O) groups excluding carboxylic acids is 1. The van der Waals surface area contributed by atoms with E-state index in [2.05, 4.69) is 10.5 Å². The zero-order chi connectivity index (χ0) is 16.8. The normalized spacial score (nSPS) is 10.6. The standard InChI is InChI=1S/C17H19N3O3/c1-20(2)14-7-5-13(6-8-14)17(22)19-18-11-12-4-9-15(21)16(10-12)23-3/h4-11,21H,1-3H3,(H,19,22)/b18-11-. The van der Waals surface area contributed by atoms with Gasteiger partial charge in [0.15, 0.2) is 11.5 Å². The van der Waals surface area contributed by atoms with Gasteiger partial charge in [0.2, 0.25) is 0 Å². The van der Waals surface area contributed by atoms with Gasteiger partial charge in [-0.25, -0.2) is 5.43 Å². The minimum absolute atomic E-state index is 0.0506. The highest BCUT2D eigenvalue weighted by Crippen LogP contribution is 2.25. The number of phenols is 1. The Morgan fingerprint density at radius 2 is 1.91 bits per heavy atom. The topological polar surface area (TPSA) is 74.2 Å². The lowest BCUT2D eigenvalue weighted by Crippen LogP contribution is -2.17. The first-order valence-electron chi connectivity index (χ1n) is 6.99. The molecule has 6 heteroatoms. The smallest absolute Gasteiger partial charge is 0.271 e. The molecule has 2 aromatic rings. The predicted octanol–water partition coefficient (Wildman–Crippen LogP) is 2.23. The van der Waals surface area contributed by atoms with Crippen LogP contribution < -0.4 is 15.1 Å². The van der Waals surface area contributed by atoms with E-state index in [-0.39, 0.29) is 11.7 Å². The van der Waals surface area contributed by atoms with E-state index in [0.29, 0.717) is 16.9 Å². The number of aromatic hydroxyl groups is 1. The molecule has 0 heterocycles. The molecule has 0 spiro atoms. The molecule has 6 nitrogen and oxygen atoms in total.